The SMILES string of the molecule is CCOc1ccccc1OCCN(C)C(C)CN. The molecule has 0 saturated carbocycles. The summed E-state index contributed by atoms with van der Waals surface area (Å²) in [6.07, 6.45) is 0. The highest BCUT2D eigenvalue weighted by molar-refractivity contribution is 5.39. The van der Waals surface area contributed by atoms with Crippen LogP contribution in [-0.2, 0) is 0 Å². The van der Waals surface area contributed by atoms with Gasteiger partial charge in [0.05, 0.1) is 6.61 Å². The summed E-state index contributed by atoms with van der Waals surface area (Å²) in [4.78, 5) is 2.18. The van der Waals surface area contributed by atoms with Gasteiger partial charge in [0.25, 0.3) is 0 Å². The van der Waals surface area contributed by atoms with Crippen LogP contribution in [0.5, 0.6) is 11.5 Å². The molecule has 0 fully saturated rings. The normalized spacial score (nSPS) is 12.5. The summed E-state index contributed by atoms with van der Waals surface area (Å²) in [6, 6.07) is 8.11. The highest BCUT2D eigenvalue weighted by Crippen LogP contribution is 2.26. The van der Waals surface area contributed by atoms with Crippen molar-refractivity contribution >= 4 is 0 Å². The van der Waals surface area contributed by atoms with Crippen LogP contribution in [0.15, 0.2) is 24.3 Å². The third kappa shape index (κ3) is 4.55. The molecule has 0 radical (unpaired) electrons. The van der Waals surface area contributed by atoms with Gasteiger partial charge in [0.15, 0.2) is 11.5 Å². The van der Waals surface area contributed by atoms with E-state index in [1.165, 1.54) is 0 Å². The van der Waals surface area contributed by atoms with Crippen molar-refractivity contribution in [2.45, 2.75) is 19.9 Å². The second kappa shape index (κ2) is 7.95. The average Bonchev–Trinajstić information content (AvgIpc) is 2.40. The molecule has 0 spiro atoms. The molecule has 4 nitrogen and oxygen atoms in total. The van der Waals surface area contributed by atoms with Gasteiger partial charge in [-0.15, -0.1) is 0 Å². The van der Waals surface area contributed by atoms with Gasteiger partial charge in [0.1, 0.15) is 6.61 Å². The van der Waals surface area contributed by atoms with Gasteiger partial charge in [-0.2, -0.15) is 0 Å². The molecule has 0 heterocycles. The van der Waals surface area contributed by atoms with Crippen LogP contribution in [0.4, 0.5) is 0 Å². The summed E-state index contributed by atoms with van der Waals surface area (Å²) >= 11 is 0. The van der Waals surface area contributed by atoms with Crippen molar-refractivity contribution in [3.63, 3.8) is 0 Å². The molecule has 1 atom stereocenters. The van der Waals surface area contributed by atoms with E-state index in [9.17, 15) is 0 Å². The fourth-order valence-corrected chi connectivity index (χ4v) is 1.54. The Morgan fingerprint density at radius 2 is 1.83 bits per heavy atom. The number of benzene rings is 1. The van der Waals surface area contributed by atoms with Crippen molar-refractivity contribution in [1.29, 1.82) is 0 Å². The Morgan fingerprint density at radius 3 is 2.39 bits per heavy atom. The predicted molar refractivity (Wildman–Crippen MR) is 74.3 cm³/mol. The van der Waals surface area contributed by atoms with Gasteiger partial charge >= 0.3 is 0 Å². The first-order valence-corrected chi connectivity index (χ1v) is 6.44. The Kier molecular flexibility index (Phi) is 6.54. The Morgan fingerprint density at radius 1 is 1.22 bits per heavy atom. The first-order chi connectivity index (χ1) is 8.69. The number of para-hydroxylation sites is 2. The molecule has 0 saturated heterocycles. The minimum absolute atomic E-state index is 0.371. The van der Waals surface area contributed by atoms with Crippen LogP contribution in [0.3, 0.4) is 0 Å². The van der Waals surface area contributed by atoms with Crippen molar-refractivity contribution in [3.05, 3.63) is 24.3 Å². The van der Waals surface area contributed by atoms with E-state index in [-0.39, 0.29) is 0 Å². The lowest BCUT2D eigenvalue weighted by atomic mass is 10.3. The van der Waals surface area contributed by atoms with Gasteiger partial charge in [-0.05, 0) is 33.0 Å². The summed E-state index contributed by atoms with van der Waals surface area (Å²) in [5.74, 6) is 1.60. The van der Waals surface area contributed by atoms with Gasteiger partial charge in [-0.1, -0.05) is 12.1 Å². The fraction of sp³-hybridized carbons (Fsp3) is 0.571. The molecule has 1 aromatic carbocycles. The number of likely N-dealkylation sites (N-methyl/N-ethyl adjacent to an activating group) is 1. The second-order valence-corrected chi connectivity index (χ2v) is 4.29. The molecular weight excluding hydrogens is 228 g/mol. The third-order valence-electron chi connectivity index (χ3n) is 2.94. The number of hydrogen-bond donors (Lipinski definition) is 1. The highest BCUT2D eigenvalue weighted by Gasteiger charge is 2.08. The molecule has 102 valence electrons. The van der Waals surface area contributed by atoms with Crippen LogP contribution in [-0.4, -0.2) is 44.3 Å². The Balaban J connectivity index is 2.43. The van der Waals surface area contributed by atoms with Crippen LogP contribution in [0.25, 0.3) is 0 Å². The lowest BCUT2D eigenvalue weighted by Crippen LogP contribution is -2.37. The Bertz CT molecular complexity index is 344. The minimum atomic E-state index is 0.371. The van der Waals surface area contributed by atoms with E-state index in [2.05, 4.69) is 18.9 Å². The lowest BCUT2D eigenvalue weighted by Gasteiger charge is -2.23. The monoisotopic (exact) mass is 252 g/mol. The minimum Gasteiger partial charge on any atom is -0.490 e. The van der Waals surface area contributed by atoms with Crippen LogP contribution in [0.1, 0.15) is 13.8 Å². The molecule has 18 heavy (non-hydrogen) atoms. The predicted octanol–water partition coefficient (Wildman–Crippen LogP) is 1.74. The summed E-state index contributed by atoms with van der Waals surface area (Å²) in [5.41, 5.74) is 5.62. The maximum atomic E-state index is 5.75. The quantitative estimate of drug-likeness (QED) is 0.765. The van der Waals surface area contributed by atoms with Crippen LogP contribution < -0.4 is 15.2 Å². The smallest absolute Gasteiger partial charge is 0.161 e. The van der Waals surface area contributed by atoms with Crippen LogP contribution >= 0.6 is 0 Å². The van der Waals surface area contributed by atoms with Crippen molar-refractivity contribution in [2.75, 3.05) is 33.4 Å². The number of nitrogens with zero attached hydrogens (tertiary/aromatic N) is 1. The topological polar surface area (TPSA) is 47.7 Å². The van der Waals surface area contributed by atoms with Gasteiger partial charge in [0.2, 0.25) is 0 Å². The number of hydrogen-bond acceptors (Lipinski definition) is 4. The van der Waals surface area contributed by atoms with Crippen molar-refractivity contribution in [1.82, 2.24) is 4.90 Å². The van der Waals surface area contributed by atoms with Crippen LogP contribution in [0, 0.1) is 0 Å². The van der Waals surface area contributed by atoms with Crippen molar-refractivity contribution in [3.8, 4) is 11.5 Å². The van der Waals surface area contributed by atoms with Crippen molar-refractivity contribution < 1.29 is 9.47 Å². The molecule has 1 aromatic rings. The summed E-state index contributed by atoms with van der Waals surface area (Å²) in [6.45, 7) is 6.85. The maximum Gasteiger partial charge on any atom is 0.161 e. The van der Waals surface area contributed by atoms with E-state index in [1.807, 2.05) is 31.2 Å². The van der Waals surface area contributed by atoms with E-state index < -0.39 is 0 Å². The molecule has 4 heteroatoms. The average molecular weight is 252 g/mol. The number of ether oxygens (including phenoxy) is 2. The van der Waals surface area contributed by atoms with Crippen LogP contribution in [0.2, 0.25) is 0 Å². The largest absolute Gasteiger partial charge is 0.490 e. The zero-order chi connectivity index (χ0) is 13.4. The van der Waals surface area contributed by atoms with E-state index >= 15 is 0 Å². The van der Waals surface area contributed by atoms with E-state index in [4.69, 9.17) is 15.2 Å². The van der Waals surface area contributed by atoms with E-state index in [1.54, 1.807) is 0 Å². The molecule has 1 rings (SSSR count). The van der Waals surface area contributed by atoms with E-state index in [0.29, 0.717) is 25.8 Å². The molecule has 1 unspecified atom stereocenters. The molecular formula is C14H24N2O2. The molecule has 0 aliphatic carbocycles. The summed E-state index contributed by atoms with van der Waals surface area (Å²) < 4.78 is 11.3. The molecule has 0 aliphatic heterocycles. The van der Waals surface area contributed by atoms with Gasteiger partial charge in [-0.25, -0.2) is 0 Å². The second-order valence-electron chi connectivity index (χ2n) is 4.29. The highest BCUT2D eigenvalue weighted by atomic mass is 16.5. The Labute approximate surface area is 110 Å². The zero-order valence-corrected chi connectivity index (χ0v) is 11.6. The van der Waals surface area contributed by atoms with Gasteiger partial charge in [0, 0.05) is 19.1 Å². The fourth-order valence-electron chi connectivity index (χ4n) is 1.54. The summed E-state index contributed by atoms with van der Waals surface area (Å²) in [7, 11) is 2.05. The van der Waals surface area contributed by atoms with Crippen molar-refractivity contribution in [2.24, 2.45) is 5.73 Å². The van der Waals surface area contributed by atoms with E-state index in [0.717, 1.165) is 18.0 Å². The van der Waals surface area contributed by atoms with Gasteiger partial charge in [-0.3, -0.25) is 4.90 Å². The summed E-state index contributed by atoms with van der Waals surface area (Å²) in [5, 5.41) is 0. The Hall–Kier alpha value is -1.26. The molecule has 0 aliphatic rings. The molecule has 0 bridgehead atoms. The molecule has 2 N–H and O–H groups in total. The number of rotatable bonds is 8. The maximum absolute atomic E-state index is 5.75. The standard InChI is InChI=1S/C14H24N2O2/c1-4-17-13-7-5-6-8-14(13)18-10-9-16(3)12(2)11-15/h5-8,12H,4,9-11,15H2,1-3H3. The third-order valence-corrected chi connectivity index (χ3v) is 2.94. The first-order valence-electron chi connectivity index (χ1n) is 6.44. The first kappa shape index (κ1) is 14.8. The number of nitrogens with two attached hydrogens (primary N) is 1. The lowest BCUT2D eigenvalue weighted by molar-refractivity contribution is 0.197. The zero-order valence-electron chi connectivity index (χ0n) is 11.6. The molecule has 0 aromatic heterocycles. The molecule has 0 amide bonds. The van der Waals surface area contributed by atoms with Gasteiger partial charge < -0.3 is 15.2 Å².